The first kappa shape index (κ1) is 88.8. The molecule has 11 fully saturated rings. The van der Waals surface area contributed by atoms with Crippen molar-refractivity contribution in [3.8, 4) is 0 Å². The summed E-state index contributed by atoms with van der Waals surface area (Å²) in [5, 5.41) is 13.4. The summed E-state index contributed by atoms with van der Waals surface area (Å²) in [5.74, 6) is 1.66. The highest BCUT2D eigenvalue weighted by Gasteiger charge is 2.36. The number of fused-ring (bicyclic) bond motifs is 2. The fraction of sp³-hybridized carbons (Fsp3) is 0.892. The van der Waals surface area contributed by atoms with Gasteiger partial charge in [-0.2, -0.15) is 0 Å². The Morgan fingerprint density at radius 2 is 0.905 bits per heavy atom. The number of nitrogens with zero attached hydrogens (tertiary/aromatic N) is 12. The van der Waals surface area contributed by atoms with Gasteiger partial charge >= 0.3 is 0 Å². The van der Waals surface area contributed by atoms with Crippen LogP contribution in [0.4, 0.5) is 0 Å². The Morgan fingerprint density at radius 1 is 0.453 bits per heavy atom. The average molecular weight is 1360 g/mol. The Balaban J connectivity index is 0.000000353. The largest absolute Gasteiger partial charge is 0.381 e. The molecule has 0 aliphatic carbocycles. The highest BCUT2D eigenvalue weighted by Crippen LogP contribution is 2.22. The van der Waals surface area contributed by atoms with E-state index in [1.54, 1.807) is 12.5 Å². The van der Waals surface area contributed by atoms with Crippen molar-refractivity contribution in [2.45, 2.75) is 179 Å². The Hall–Kier alpha value is -2.29. The molecule has 20 nitrogen and oxygen atoms in total. The molecule has 2 bridgehead atoms. The maximum atomic E-state index is 10.9. The van der Waals surface area contributed by atoms with E-state index in [9.17, 15) is 8.42 Å². The molecule has 2 aromatic heterocycles. The van der Waals surface area contributed by atoms with Crippen LogP contribution >= 0.6 is 0 Å². The van der Waals surface area contributed by atoms with Gasteiger partial charge in [-0.15, -0.1) is 0 Å². The molecule has 0 amide bonds. The van der Waals surface area contributed by atoms with Crippen molar-refractivity contribution < 1.29 is 17.9 Å². The van der Waals surface area contributed by atoms with Crippen LogP contribution in [0.1, 0.15) is 159 Å². The van der Waals surface area contributed by atoms with Gasteiger partial charge in [0.15, 0.2) is 9.84 Å². The lowest BCUT2D eigenvalue weighted by atomic mass is 9.98. The van der Waals surface area contributed by atoms with Crippen molar-refractivity contribution in [1.82, 2.24) is 79.9 Å². The van der Waals surface area contributed by atoms with E-state index >= 15 is 0 Å². The number of pyridine rings is 1. The number of morpholine rings is 1. The first-order valence-corrected chi connectivity index (χ1v) is 40.8. The van der Waals surface area contributed by atoms with Gasteiger partial charge in [-0.25, -0.2) is 13.4 Å². The molecule has 0 saturated carbocycles. The van der Waals surface area contributed by atoms with Gasteiger partial charge < -0.3 is 64.7 Å². The predicted octanol–water partition coefficient (Wildman–Crippen LogP) is 7.89. The molecule has 1 unspecified atom stereocenters. The summed E-state index contributed by atoms with van der Waals surface area (Å²) in [7, 11) is -2.67. The van der Waals surface area contributed by atoms with Gasteiger partial charge in [0.05, 0.1) is 31.0 Å². The van der Waals surface area contributed by atoms with Crippen molar-refractivity contribution in [3.63, 3.8) is 0 Å². The number of aromatic nitrogens is 3. The Labute approximate surface area is 585 Å². The van der Waals surface area contributed by atoms with Crippen LogP contribution < -0.4 is 21.3 Å². The van der Waals surface area contributed by atoms with E-state index in [1.165, 1.54) is 246 Å². The zero-order chi connectivity index (χ0) is 69.3. The highest BCUT2D eigenvalue weighted by atomic mass is 32.2. The van der Waals surface area contributed by atoms with Gasteiger partial charge in [0.25, 0.3) is 0 Å². The monoisotopic (exact) mass is 1360 g/mol. The molecule has 11 saturated heterocycles. The fourth-order valence-corrected chi connectivity index (χ4v) is 13.7. The number of likely N-dealkylation sites (N-methyl/N-ethyl adjacent to an activating group) is 5. The van der Waals surface area contributed by atoms with Gasteiger partial charge in [0.2, 0.25) is 0 Å². The maximum absolute atomic E-state index is 10.9. The summed E-state index contributed by atoms with van der Waals surface area (Å²) in [5.41, 5.74) is 1.35. The molecule has 0 spiro atoms. The first-order chi connectivity index (χ1) is 46.4. The molecule has 11 aliphatic rings. The number of likely N-dealkylation sites (tertiary alicyclic amines) is 4. The molecular formula is C74H152N16O4S. The van der Waals surface area contributed by atoms with Crippen molar-refractivity contribution in [3.05, 3.63) is 48.8 Å². The normalized spacial score (nSPS) is 23.4. The molecule has 21 heteroatoms. The molecule has 558 valence electrons. The number of nitrogens with one attached hydrogen (secondary N) is 4. The summed E-state index contributed by atoms with van der Waals surface area (Å²) in [6.07, 6.45) is 25.5. The number of hydrogen-bond acceptors (Lipinski definition) is 19. The number of piperazine rings is 2. The summed E-state index contributed by atoms with van der Waals surface area (Å²) in [4.78, 5) is 29.6. The van der Waals surface area contributed by atoms with E-state index in [1.807, 2.05) is 35.3 Å². The van der Waals surface area contributed by atoms with Crippen LogP contribution in [0.15, 0.2) is 43.2 Å². The Bertz CT molecular complexity index is 1910. The minimum Gasteiger partial charge on any atom is -0.381 e. The van der Waals surface area contributed by atoms with Gasteiger partial charge in [-0.3, -0.25) is 19.7 Å². The van der Waals surface area contributed by atoms with Crippen LogP contribution in [-0.2, 0) is 32.3 Å². The molecule has 11 aliphatic heterocycles. The van der Waals surface area contributed by atoms with Crippen LogP contribution in [-0.4, -0.2) is 327 Å². The van der Waals surface area contributed by atoms with Crippen LogP contribution in [0.2, 0.25) is 0 Å². The predicted molar refractivity (Wildman–Crippen MR) is 405 cm³/mol. The minimum absolute atomic E-state index is 0.348. The summed E-state index contributed by atoms with van der Waals surface area (Å²) in [6, 6.07) is 5.76. The molecule has 2 aromatic rings. The molecule has 2 atom stereocenters. The third kappa shape index (κ3) is 46.0. The molecule has 4 N–H and O–H groups in total. The second-order valence-corrected chi connectivity index (χ2v) is 28.6. The molecule has 13 heterocycles. The molecule has 13 rings (SSSR count). The Kier molecular flexibility index (Phi) is 56.5. The topological polar surface area (TPSA) is 161 Å². The van der Waals surface area contributed by atoms with Gasteiger partial charge in [0.1, 0.15) is 0 Å². The number of sulfone groups is 1. The quantitative estimate of drug-likeness (QED) is 0.162. The summed E-state index contributed by atoms with van der Waals surface area (Å²) in [6.45, 7) is 69.4. The number of hydrogen-bond donors (Lipinski definition) is 4. The lowest BCUT2D eigenvalue weighted by Gasteiger charge is -2.28. The van der Waals surface area contributed by atoms with Crippen LogP contribution in [0.5, 0.6) is 0 Å². The van der Waals surface area contributed by atoms with Gasteiger partial charge in [-0.1, -0.05) is 89.0 Å². The van der Waals surface area contributed by atoms with Crippen molar-refractivity contribution in [1.29, 1.82) is 0 Å². The van der Waals surface area contributed by atoms with Crippen LogP contribution in [0.3, 0.4) is 0 Å². The third-order valence-electron chi connectivity index (χ3n) is 19.9. The standard InChI is InChI=1S/C7H14N2.C7H16N2.C7H9N.C7H15N.C7H14O.C6H14N2.C6H13NO2S.C6H13NO.C6H13N.C5H12N2.C5H8N2.C5H11N/c1-2-9-5-6-3-7(9)4-8-6;1-2-9-6-3-4-8-5-7-9;1-2-7-3-5-8-6-4-7;1-2-8-6-4-3-5-7-8;1-2-7-3-5-8-6-4-7;1-2-8-5-3-7-4-6-8;1-2-7-3-5-10(8,9)6-4-7;1-2-7-3-5-8-6-4-7;1-2-7-5-3-4-6-7;2*1-2-7-4-3-6-5-7;1-2-6-4-3-5-6/h6-8H,2-5H2,1H3;8H,2-7H2,1H3;3-6H,2H2,1H3;2-7H2,1H3;2*7H,2-6H2,1H3;2-6H2,1H3;2-6H2,1H3;2-6H2,1H3;6H,2-5H2,1H3;3-5H,2H2,1H3;2-5H2,1H3/t6-,7?;;;;;;;;;;;/m0.........../s1. The molecule has 0 aromatic carbocycles. The van der Waals surface area contributed by atoms with Gasteiger partial charge in [-0.05, 0) is 206 Å². The zero-order valence-corrected chi connectivity index (χ0v) is 64.6. The average Bonchev–Trinajstić information content (AvgIpc) is 1.76. The maximum Gasteiger partial charge on any atom is 0.152 e. The zero-order valence-electron chi connectivity index (χ0n) is 63.7. The second kappa shape index (κ2) is 60.5. The second-order valence-electron chi connectivity index (χ2n) is 26.3. The highest BCUT2D eigenvalue weighted by molar-refractivity contribution is 7.91. The minimum atomic E-state index is -2.67. The fourth-order valence-electron chi connectivity index (χ4n) is 12.4. The number of rotatable bonds is 12. The smallest absolute Gasteiger partial charge is 0.152 e. The lowest BCUT2D eigenvalue weighted by Crippen LogP contribution is -2.43. The third-order valence-corrected chi connectivity index (χ3v) is 21.5. The van der Waals surface area contributed by atoms with Crippen LogP contribution in [0.25, 0.3) is 0 Å². The van der Waals surface area contributed by atoms with Gasteiger partial charge in [0, 0.05) is 155 Å². The summed E-state index contributed by atoms with van der Waals surface area (Å²) < 4.78 is 34.1. The number of imidazole rings is 1. The van der Waals surface area contributed by atoms with Crippen molar-refractivity contribution in [2.75, 3.05) is 247 Å². The van der Waals surface area contributed by atoms with E-state index in [4.69, 9.17) is 9.47 Å². The van der Waals surface area contributed by atoms with Crippen molar-refractivity contribution >= 4 is 9.84 Å². The number of piperidine rings is 1. The van der Waals surface area contributed by atoms with E-state index in [0.717, 1.165) is 96.8 Å². The SMILES string of the molecule is CCC1CCOCC1.CCN1CCC1.CCN1CCCC1.CCN1CCCCC1.CCN1CCCNCC1.CCN1CCNC1.CCN1CCNCC1.CCN1CCOCC1.CCN1CCS(=O)(=O)CC1.CCN1C[C@@H]2CC1CN2.CCc1ccncc1.CCn1ccnc1. The van der Waals surface area contributed by atoms with E-state index in [-0.39, 0.29) is 0 Å². The van der Waals surface area contributed by atoms with Crippen LogP contribution in [0, 0.1) is 5.92 Å². The molecular weight excluding hydrogens is 1210 g/mol. The Morgan fingerprint density at radius 3 is 1.24 bits per heavy atom. The summed E-state index contributed by atoms with van der Waals surface area (Å²) >= 11 is 0. The van der Waals surface area contributed by atoms with E-state index in [0.29, 0.717) is 11.5 Å². The molecule has 0 radical (unpaired) electrons. The van der Waals surface area contributed by atoms with E-state index in [2.05, 4.69) is 158 Å². The van der Waals surface area contributed by atoms with E-state index < -0.39 is 9.84 Å². The molecule has 95 heavy (non-hydrogen) atoms. The number of ether oxygens (including phenoxy) is 2. The first-order valence-electron chi connectivity index (χ1n) is 38.9. The number of aryl methyl sites for hydroxylation is 2. The lowest BCUT2D eigenvalue weighted by molar-refractivity contribution is 0.0405. The van der Waals surface area contributed by atoms with Crippen molar-refractivity contribution in [2.24, 2.45) is 5.92 Å².